The maximum Gasteiger partial charge on any atom is 0.251 e. The van der Waals surface area contributed by atoms with Gasteiger partial charge in [0.2, 0.25) is 0 Å². The van der Waals surface area contributed by atoms with Crippen LogP contribution in [0.1, 0.15) is 28.9 Å². The van der Waals surface area contributed by atoms with E-state index in [4.69, 9.17) is 4.74 Å². The minimum Gasteiger partial charge on any atom is -0.507 e. The SMILES string of the molecule is COc1ccc(C(C)NC(=O)c2ccc(Br)c(O)c2)cc1. The van der Waals surface area contributed by atoms with E-state index in [-0.39, 0.29) is 17.7 Å². The molecule has 2 rings (SSSR count). The number of benzene rings is 2. The Morgan fingerprint density at radius 2 is 1.90 bits per heavy atom. The normalized spacial score (nSPS) is 11.8. The molecule has 0 saturated heterocycles. The fourth-order valence-electron chi connectivity index (χ4n) is 1.91. The lowest BCUT2D eigenvalue weighted by molar-refractivity contribution is 0.0939. The van der Waals surface area contributed by atoms with Gasteiger partial charge in [0, 0.05) is 5.56 Å². The molecule has 0 aliphatic rings. The van der Waals surface area contributed by atoms with Crippen molar-refractivity contribution < 1.29 is 14.6 Å². The number of rotatable bonds is 4. The maximum absolute atomic E-state index is 12.2. The van der Waals surface area contributed by atoms with Crippen molar-refractivity contribution in [2.45, 2.75) is 13.0 Å². The van der Waals surface area contributed by atoms with E-state index < -0.39 is 0 Å². The molecule has 1 unspecified atom stereocenters. The molecular weight excluding hydrogens is 334 g/mol. The number of hydrogen-bond donors (Lipinski definition) is 2. The van der Waals surface area contributed by atoms with Gasteiger partial charge in [0.15, 0.2) is 0 Å². The fourth-order valence-corrected chi connectivity index (χ4v) is 2.16. The van der Waals surface area contributed by atoms with Crippen LogP contribution in [-0.4, -0.2) is 18.1 Å². The third-order valence-corrected chi connectivity index (χ3v) is 3.84. The van der Waals surface area contributed by atoms with E-state index in [1.165, 1.54) is 6.07 Å². The molecule has 21 heavy (non-hydrogen) atoms. The van der Waals surface area contributed by atoms with Gasteiger partial charge >= 0.3 is 0 Å². The van der Waals surface area contributed by atoms with E-state index in [1.807, 2.05) is 31.2 Å². The summed E-state index contributed by atoms with van der Waals surface area (Å²) in [4.78, 5) is 12.2. The molecule has 0 bridgehead atoms. The largest absolute Gasteiger partial charge is 0.507 e. The van der Waals surface area contributed by atoms with Crippen molar-refractivity contribution >= 4 is 21.8 Å². The lowest BCUT2D eigenvalue weighted by atomic mass is 10.1. The Hall–Kier alpha value is -2.01. The summed E-state index contributed by atoms with van der Waals surface area (Å²) in [5.74, 6) is 0.580. The van der Waals surface area contributed by atoms with Crippen molar-refractivity contribution in [3.05, 3.63) is 58.1 Å². The topological polar surface area (TPSA) is 58.6 Å². The van der Waals surface area contributed by atoms with Gasteiger partial charge in [-0.05, 0) is 58.7 Å². The second-order valence-electron chi connectivity index (χ2n) is 4.63. The van der Waals surface area contributed by atoms with Gasteiger partial charge in [0.05, 0.1) is 17.6 Å². The number of halogens is 1. The quantitative estimate of drug-likeness (QED) is 0.885. The summed E-state index contributed by atoms with van der Waals surface area (Å²) < 4.78 is 5.66. The first-order chi connectivity index (χ1) is 10.0. The zero-order valence-corrected chi connectivity index (χ0v) is 13.3. The Balaban J connectivity index is 2.08. The molecular formula is C16H16BrNO3. The van der Waals surface area contributed by atoms with Crippen molar-refractivity contribution in [3.8, 4) is 11.5 Å². The third kappa shape index (κ3) is 3.76. The van der Waals surface area contributed by atoms with Crippen LogP contribution in [0, 0.1) is 0 Å². The van der Waals surface area contributed by atoms with Gasteiger partial charge in [-0.15, -0.1) is 0 Å². The van der Waals surface area contributed by atoms with E-state index in [0.717, 1.165) is 11.3 Å². The van der Waals surface area contributed by atoms with E-state index in [2.05, 4.69) is 21.2 Å². The van der Waals surface area contributed by atoms with Gasteiger partial charge in [-0.25, -0.2) is 0 Å². The number of methoxy groups -OCH3 is 1. The summed E-state index contributed by atoms with van der Waals surface area (Å²) in [5, 5.41) is 12.5. The molecule has 0 radical (unpaired) electrons. The third-order valence-electron chi connectivity index (χ3n) is 3.17. The first kappa shape index (κ1) is 15.4. The highest BCUT2D eigenvalue weighted by molar-refractivity contribution is 9.10. The highest BCUT2D eigenvalue weighted by atomic mass is 79.9. The summed E-state index contributed by atoms with van der Waals surface area (Å²) >= 11 is 3.19. The molecule has 2 N–H and O–H groups in total. The predicted molar refractivity (Wildman–Crippen MR) is 84.7 cm³/mol. The zero-order chi connectivity index (χ0) is 15.4. The Morgan fingerprint density at radius 3 is 2.48 bits per heavy atom. The minimum absolute atomic E-state index is 0.0414. The number of carbonyl (C=O) groups is 1. The molecule has 2 aromatic carbocycles. The Labute approximate surface area is 131 Å². The highest BCUT2D eigenvalue weighted by Crippen LogP contribution is 2.24. The van der Waals surface area contributed by atoms with Crippen LogP contribution in [0.4, 0.5) is 0 Å². The number of ether oxygens (including phenoxy) is 1. The molecule has 0 saturated carbocycles. The Morgan fingerprint density at radius 1 is 1.24 bits per heavy atom. The second-order valence-corrected chi connectivity index (χ2v) is 5.49. The Kier molecular flexibility index (Phi) is 4.85. The first-order valence-electron chi connectivity index (χ1n) is 6.44. The van der Waals surface area contributed by atoms with Crippen LogP contribution in [0.25, 0.3) is 0 Å². The van der Waals surface area contributed by atoms with Crippen LogP contribution in [0.3, 0.4) is 0 Å². The van der Waals surface area contributed by atoms with Crippen molar-refractivity contribution in [2.24, 2.45) is 0 Å². The van der Waals surface area contributed by atoms with Crippen LogP contribution in [0.2, 0.25) is 0 Å². The number of nitrogens with one attached hydrogen (secondary N) is 1. The van der Waals surface area contributed by atoms with Crippen LogP contribution in [0.5, 0.6) is 11.5 Å². The highest BCUT2D eigenvalue weighted by Gasteiger charge is 2.12. The molecule has 0 fully saturated rings. The lowest BCUT2D eigenvalue weighted by Gasteiger charge is -2.15. The maximum atomic E-state index is 12.2. The molecule has 0 spiro atoms. The smallest absolute Gasteiger partial charge is 0.251 e. The number of amides is 1. The summed E-state index contributed by atoms with van der Waals surface area (Å²) in [6.07, 6.45) is 0. The monoisotopic (exact) mass is 349 g/mol. The number of hydrogen-bond acceptors (Lipinski definition) is 3. The molecule has 1 atom stereocenters. The van der Waals surface area contributed by atoms with Gasteiger partial charge in [-0.2, -0.15) is 0 Å². The molecule has 0 heterocycles. The van der Waals surface area contributed by atoms with Crippen LogP contribution < -0.4 is 10.1 Å². The predicted octanol–water partition coefficient (Wildman–Crippen LogP) is 3.65. The van der Waals surface area contributed by atoms with Gasteiger partial charge in [-0.1, -0.05) is 12.1 Å². The molecule has 0 aliphatic heterocycles. The summed E-state index contributed by atoms with van der Waals surface area (Å²) in [6.45, 7) is 1.90. The van der Waals surface area contributed by atoms with E-state index in [1.54, 1.807) is 19.2 Å². The van der Waals surface area contributed by atoms with E-state index in [0.29, 0.717) is 10.0 Å². The molecule has 0 aliphatic carbocycles. The van der Waals surface area contributed by atoms with Crippen molar-refractivity contribution in [2.75, 3.05) is 7.11 Å². The molecule has 5 heteroatoms. The number of phenols is 1. The van der Waals surface area contributed by atoms with Crippen molar-refractivity contribution in [1.29, 1.82) is 0 Å². The van der Waals surface area contributed by atoms with E-state index >= 15 is 0 Å². The summed E-state index contributed by atoms with van der Waals surface area (Å²) in [6, 6.07) is 12.1. The zero-order valence-electron chi connectivity index (χ0n) is 11.8. The second kappa shape index (κ2) is 6.63. The number of aromatic hydroxyl groups is 1. The molecule has 4 nitrogen and oxygen atoms in total. The molecule has 2 aromatic rings. The standard InChI is InChI=1S/C16H16BrNO3/c1-10(11-3-6-13(21-2)7-4-11)18-16(20)12-5-8-14(17)15(19)9-12/h3-10,19H,1-2H3,(H,18,20). The van der Waals surface area contributed by atoms with Gasteiger partial charge in [0.1, 0.15) is 11.5 Å². The average molecular weight is 350 g/mol. The van der Waals surface area contributed by atoms with Gasteiger partial charge in [-0.3, -0.25) is 4.79 Å². The summed E-state index contributed by atoms with van der Waals surface area (Å²) in [7, 11) is 1.61. The lowest BCUT2D eigenvalue weighted by Crippen LogP contribution is -2.26. The molecule has 110 valence electrons. The van der Waals surface area contributed by atoms with Gasteiger partial charge < -0.3 is 15.2 Å². The molecule has 0 aromatic heterocycles. The first-order valence-corrected chi connectivity index (χ1v) is 7.24. The fraction of sp³-hybridized carbons (Fsp3) is 0.188. The van der Waals surface area contributed by atoms with Crippen molar-refractivity contribution in [3.63, 3.8) is 0 Å². The summed E-state index contributed by atoms with van der Waals surface area (Å²) in [5.41, 5.74) is 1.39. The average Bonchev–Trinajstić information content (AvgIpc) is 2.50. The van der Waals surface area contributed by atoms with Crippen LogP contribution >= 0.6 is 15.9 Å². The van der Waals surface area contributed by atoms with E-state index in [9.17, 15) is 9.90 Å². The number of phenolic OH excluding ortho intramolecular Hbond substituents is 1. The van der Waals surface area contributed by atoms with Gasteiger partial charge in [0.25, 0.3) is 5.91 Å². The number of carbonyl (C=O) groups excluding carboxylic acids is 1. The van der Waals surface area contributed by atoms with Crippen LogP contribution in [0.15, 0.2) is 46.9 Å². The van der Waals surface area contributed by atoms with Crippen LogP contribution in [-0.2, 0) is 0 Å². The Bertz CT molecular complexity index is 640. The van der Waals surface area contributed by atoms with Crippen molar-refractivity contribution in [1.82, 2.24) is 5.32 Å². The molecule has 1 amide bonds. The minimum atomic E-state index is -0.235.